The van der Waals surface area contributed by atoms with E-state index in [1.807, 2.05) is 31.2 Å². The second-order valence-electron chi connectivity index (χ2n) is 3.50. The Bertz CT molecular complexity index is 472. The molecule has 3 heteroatoms. The van der Waals surface area contributed by atoms with E-state index >= 15 is 0 Å². The third kappa shape index (κ3) is 1.76. The third-order valence-electron chi connectivity index (χ3n) is 2.50. The van der Waals surface area contributed by atoms with Gasteiger partial charge in [-0.25, -0.2) is 0 Å². The summed E-state index contributed by atoms with van der Waals surface area (Å²) < 4.78 is 15.9. The van der Waals surface area contributed by atoms with Crippen LogP contribution in [-0.4, -0.2) is 14.2 Å². The predicted molar refractivity (Wildman–Crippen MR) is 62.0 cm³/mol. The van der Waals surface area contributed by atoms with Crippen LogP contribution < -0.4 is 9.47 Å². The molecule has 1 aromatic heterocycles. The summed E-state index contributed by atoms with van der Waals surface area (Å²) in [7, 11) is 3.28. The molecule has 0 aliphatic carbocycles. The van der Waals surface area contributed by atoms with Gasteiger partial charge in [-0.3, -0.25) is 0 Å². The van der Waals surface area contributed by atoms with Crippen molar-refractivity contribution >= 4 is 0 Å². The maximum atomic E-state index is 5.40. The van der Waals surface area contributed by atoms with Crippen LogP contribution in [0.1, 0.15) is 5.56 Å². The number of hydrogen-bond donors (Lipinski definition) is 0. The molecule has 0 aliphatic heterocycles. The molecule has 0 unspecified atom stereocenters. The number of furan rings is 1. The zero-order valence-electron chi connectivity index (χ0n) is 9.61. The number of aryl methyl sites for hydroxylation is 1. The maximum Gasteiger partial charge on any atom is 0.137 e. The normalized spacial score (nSPS) is 10.2. The highest BCUT2D eigenvalue weighted by molar-refractivity contribution is 5.71. The Labute approximate surface area is 94.6 Å². The van der Waals surface area contributed by atoms with Gasteiger partial charge in [0, 0.05) is 6.07 Å². The topological polar surface area (TPSA) is 31.6 Å². The second-order valence-corrected chi connectivity index (χ2v) is 3.50. The lowest BCUT2D eigenvalue weighted by Crippen LogP contribution is -1.92. The van der Waals surface area contributed by atoms with Crippen molar-refractivity contribution in [3.8, 4) is 22.8 Å². The molecule has 0 aliphatic rings. The summed E-state index contributed by atoms with van der Waals surface area (Å²) >= 11 is 0. The van der Waals surface area contributed by atoms with Crippen molar-refractivity contribution in [2.24, 2.45) is 0 Å². The monoisotopic (exact) mass is 218 g/mol. The fourth-order valence-corrected chi connectivity index (χ4v) is 1.74. The third-order valence-corrected chi connectivity index (χ3v) is 2.50. The molecule has 2 rings (SSSR count). The zero-order chi connectivity index (χ0) is 11.5. The Kier molecular flexibility index (Phi) is 2.86. The SMILES string of the molecule is COc1cc(C)c(-c2ccco2)c(OC)c1. The van der Waals surface area contributed by atoms with E-state index < -0.39 is 0 Å². The molecule has 0 amide bonds. The van der Waals surface area contributed by atoms with Crippen LogP contribution in [0.15, 0.2) is 34.9 Å². The predicted octanol–water partition coefficient (Wildman–Crippen LogP) is 3.27. The molecule has 84 valence electrons. The van der Waals surface area contributed by atoms with E-state index in [2.05, 4.69) is 0 Å². The molecule has 16 heavy (non-hydrogen) atoms. The fraction of sp³-hybridized carbons (Fsp3) is 0.231. The first-order valence-corrected chi connectivity index (χ1v) is 5.02. The maximum absolute atomic E-state index is 5.40. The first-order chi connectivity index (χ1) is 7.76. The van der Waals surface area contributed by atoms with E-state index in [1.165, 1.54) is 0 Å². The molecule has 2 aromatic rings. The molecule has 0 fully saturated rings. The molecule has 0 atom stereocenters. The van der Waals surface area contributed by atoms with Crippen LogP contribution in [0.25, 0.3) is 11.3 Å². The number of ether oxygens (including phenoxy) is 2. The standard InChI is InChI=1S/C13H14O3/c1-9-7-10(14-2)8-12(15-3)13(9)11-5-4-6-16-11/h4-8H,1-3H3. The van der Waals surface area contributed by atoms with Crippen LogP contribution in [-0.2, 0) is 0 Å². The van der Waals surface area contributed by atoms with Crippen molar-refractivity contribution in [2.75, 3.05) is 14.2 Å². The van der Waals surface area contributed by atoms with Crippen molar-refractivity contribution in [3.05, 3.63) is 36.1 Å². The summed E-state index contributed by atoms with van der Waals surface area (Å²) in [5, 5.41) is 0. The summed E-state index contributed by atoms with van der Waals surface area (Å²) in [6, 6.07) is 7.58. The Morgan fingerprint density at radius 2 is 1.94 bits per heavy atom. The fourth-order valence-electron chi connectivity index (χ4n) is 1.74. The Morgan fingerprint density at radius 3 is 2.50 bits per heavy atom. The number of benzene rings is 1. The quantitative estimate of drug-likeness (QED) is 0.792. The van der Waals surface area contributed by atoms with Crippen molar-refractivity contribution < 1.29 is 13.9 Å². The van der Waals surface area contributed by atoms with Crippen LogP contribution >= 0.6 is 0 Å². The number of hydrogen-bond acceptors (Lipinski definition) is 3. The minimum Gasteiger partial charge on any atom is -0.497 e. The van der Waals surface area contributed by atoms with Crippen molar-refractivity contribution in [1.29, 1.82) is 0 Å². The summed E-state index contributed by atoms with van der Waals surface area (Å²) in [6.45, 7) is 2.00. The van der Waals surface area contributed by atoms with Gasteiger partial charge < -0.3 is 13.9 Å². The smallest absolute Gasteiger partial charge is 0.137 e. The molecule has 0 saturated heterocycles. The van der Waals surface area contributed by atoms with Crippen molar-refractivity contribution in [3.63, 3.8) is 0 Å². The van der Waals surface area contributed by atoms with Gasteiger partial charge in [0.2, 0.25) is 0 Å². The Hall–Kier alpha value is -1.90. The van der Waals surface area contributed by atoms with Crippen molar-refractivity contribution in [1.82, 2.24) is 0 Å². The van der Waals surface area contributed by atoms with Gasteiger partial charge in [0.25, 0.3) is 0 Å². The van der Waals surface area contributed by atoms with Crippen LogP contribution in [0.5, 0.6) is 11.5 Å². The lowest BCUT2D eigenvalue weighted by Gasteiger charge is -2.11. The molecule has 0 N–H and O–H groups in total. The largest absolute Gasteiger partial charge is 0.497 e. The van der Waals surface area contributed by atoms with Crippen LogP contribution in [0.3, 0.4) is 0 Å². The highest BCUT2D eigenvalue weighted by atomic mass is 16.5. The first-order valence-electron chi connectivity index (χ1n) is 5.02. The average molecular weight is 218 g/mol. The highest BCUT2D eigenvalue weighted by Crippen LogP contribution is 2.36. The Morgan fingerprint density at radius 1 is 1.12 bits per heavy atom. The molecule has 1 aromatic carbocycles. The van der Waals surface area contributed by atoms with E-state index in [-0.39, 0.29) is 0 Å². The van der Waals surface area contributed by atoms with Gasteiger partial charge in [-0.15, -0.1) is 0 Å². The summed E-state index contributed by atoms with van der Waals surface area (Å²) in [5.74, 6) is 2.34. The molecule has 0 bridgehead atoms. The van der Waals surface area contributed by atoms with Gasteiger partial charge >= 0.3 is 0 Å². The molecule has 1 heterocycles. The first kappa shape index (κ1) is 10.6. The van der Waals surface area contributed by atoms with E-state index in [0.717, 1.165) is 28.4 Å². The lowest BCUT2D eigenvalue weighted by atomic mass is 10.0. The molecule has 0 spiro atoms. The van der Waals surface area contributed by atoms with Crippen LogP contribution in [0.2, 0.25) is 0 Å². The molecular weight excluding hydrogens is 204 g/mol. The van der Waals surface area contributed by atoms with Gasteiger partial charge in [-0.1, -0.05) is 0 Å². The lowest BCUT2D eigenvalue weighted by molar-refractivity contribution is 0.394. The molecule has 0 saturated carbocycles. The van der Waals surface area contributed by atoms with Crippen LogP contribution in [0.4, 0.5) is 0 Å². The van der Waals surface area contributed by atoms with Gasteiger partial charge in [0.1, 0.15) is 17.3 Å². The van der Waals surface area contributed by atoms with Gasteiger partial charge in [0.15, 0.2) is 0 Å². The second kappa shape index (κ2) is 4.31. The molecular formula is C13H14O3. The summed E-state index contributed by atoms with van der Waals surface area (Å²) in [4.78, 5) is 0. The average Bonchev–Trinajstić information content (AvgIpc) is 2.81. The highest BCUT2D eigenvalue weighted by Gasteiger charge is 2.13. The van der Waals surface area contributed by atoms with E-state index in [1.54, 1.807) is 20.5 Å². The van der Waals surface area contributed by atoms with Gasteiger partial charge in [-0.05, 0) is 30.7 Å². The van der Waals surface area contributed by atoms with E-state index in [4.69, 9.17) is 13.9 Å². The molecule has 0 radical (unpaired) electrons. The minimum atomic E-state index is 0.756. The Balaban J connectivity index is 2.60. The van der Waals surface area contributed by atoms with Gasteiger partial charge in [0.05, 0.1) is 26.0 Å². The minimum absolute atomic E-state index is 0.756. The zero-order valence-corrected chi connectivity index (χ0v) is 9.61. The van der Waals surface area contributed by atoms with E-state index in [9.17, 15) is 0 Å². The number of methoxy groups -OCH3 is 2. The van der Waals surface area contributed by atoms with Crippen molar-refractivity contribution in [2.45, 2.75) is 6.92 Å². The summed E-state index contributed by atoms with van der Waals surface area (Å²) in [6.07, 6.45) is 1.65. The number of rotatable bonds is 3. The van der Waals surface area contributed by atoms with Gasteiger partial charge in [-0.2, -0.15) is 0 Å². The molecule has 3 nitrogen and oxygen atoms in total. The summed E-state index contributed by atoms with van der Waals surface area (Å²) in [5.41, 5.74) is 2.03. The van der Waals surface area contributed by atoms with E-state index in [0.29, 0.717) is 0 Å². The van der Waals surface area contributed by atoms with Crippen LogP contribution in [0, 0.1) is 6.92 Å².